The summed E-state index contributed by atoms with van der Waals surface area (Å²) in [6, 6.07) is 29.9. The van der Waals surface area contributed by atoms with Gasteiger partial charge in [-0.25, -0.2) is 0 Å². The third-order valence-corrected chi connectivity index (χ3v) is 6.50. The smallest absolute Gasteiger partial charge is 0.118 e. The van der Waals surface area contributed by atoms with Crippen LogP contribution in [-0.4, -0.2) is 38.2 Å². The van der Waals surface area contributed by atoms with Crippen LogP contribution in [0.2, 0.25) is 0 Å². The number of rotatable bonds is 6. The lowest BCUT2D eigenvalue weighted by Gasteiger charge is -2.40. The van der Waals surface area contributed by atoms with E-state index in [1.807, 2.05) is 11.8 Å². The number of anilines is 1. The fourth-order valence-corrected chi connectivity index (χ4v) is 4.83. The molecule has 0 aromatic heterocycles. The topological polar surface area (TPSA) is 15.7 Å². The van der Waals surface area contributed by atoms with Gasteiger partial charge in [-0.2, -0.15) is 0 Å². The first-order valence-corrected chi connectivity index (χ1v) is 10.6. The highest BCUT2D eigenvalue weighted by Gasteiger charge is 2.26. The summed E-state index contributed by atoms with van der Waals surface area (Å²) in [7, 11) is 1.72. The van der Waals surface area contributed by atoms with Gasteiger partial charge in [-0.05, 0) is 42.0 Å². The fraction of sp³-hybridized carbons (Fsp3) is 0.250. The Kier molecular flexibility index (Phi) is 6.20. The largest absolute Gasteiger partial charge is 0.497 e. The Bertz CT molecular complexity index is 847. The molecule has 1 saturated heterocycles. The zero-order valence-corrected chi connectivity index (χ0v) is 17.0. The predicted octanol–water partition coefficient (Wildman–Crippen LogP) is 5.31. The van der Waals surface area contributed by atoms with E-state index in [-0.39, 0.29) is 0 Å². The van der Waals surface area contributed by atoms with Crippen LogP contribution in [-0.2, 0) is 0 Å². The third-order valence-electron chi connectivity index (χ3n) is 5.16. The van der Waals surface area contributed by atoms with Crippen molar-refractivity contribution in [3.8, 4) is 5.75 Å². The maximum Gasteiger partial charge on any atom is 0.118 e. The molecular formula is C24H26N2OS. The molecule has 3 aromatic carbocycles. The van der Waals surface area contributed by atoms with Gasteiger partial charge in [0.05, 0.1) is 12.5 Å². The molecule has 4 rings (SSSR count). The molecule has 0 amide bonds. The lowest BCUT2D eigenvalue weighted by molar-refractivity contribution is 0.243. The summed E-state index contributed by atoms with van der Waals surface area (Å²) in [4.78, 5) is 6.38. The Hall–Kier alpha value is -2.43. The van der Waals surface area contributed by atoms with Crippen LogP contribution in [0.4, 0.5) is 5.69 Å². The van der Waals surface area contributed by atoms with Gasteiger partial charge in [0.2, 0.25) is 0 Å². The number of methoxy groups -OCH3 is 1. The summed E-state index contributed by atoms with van der Waals surface area (Å²) in [5.41, 5.74) is 2.64. The van der Waals surface area contributed by atoms with Crippen molar-refractivity contribution in [2.24, 2.45) is 0 Å². The number of para-hydroxylation sites is 1. The highest BCUT2D eigenvalue weighted by molar-refractivity contribution is 7.99. The van der Waals surface area contributed by atoms with Gasteiger partial charge < -0.3 is 9.64 Å². The van der Waals surface area contributed by atoms with Gasteiger partial charge in [0.1, 0.15) is 5.75 Å². The molecule has 1 heterocycles. The summed E-state index contributed by atoms with van der Waals surface area (Å²) in [6.45, 7) is 4.19. The molecule has 0 saturated carbocycles. The summed E-state index contributed by atoms with van der Waals surface area (Å²) in [5.74, 6) is 0.904. The Morgan fingerprint density at radius 2 is 1.36 bits per heavy atom. The zero-order chi connectivity index (χ0) is 19.2. The van der Waals surface area contributed by atoms with E-state index in [0.717, 1.165) is 31.9 Å². The molecule has 1 aliphatic heterocycles. The Morgan fingerprint density at radius 1 is 0.750 bits per heavy atom. The van der Waals surface area contributed by atoms with Crippen LogP contribution in [0.1, 0.15) is 10.9 Å². The molecule has 1 aliphatic rings. The number of hydrogen-bond acceptors (Lipinski definition) is 4. The monoisotopic (exact) mass is 390 g/mol. The molecule has 3 aromatic rings. The molecule has 0 N–H and O–H groups in total. The summed E-state index contributed by atoms with van der Waals surface area (Å²) in [6.07, 6.45) is 0. The molecule has 4 heteroatoms. The minimum atomic E-state index is 0.297. The molecule has 3 nitrogen and oxygen atoms in total. The number of piperazine rings is 1. The van der Waals surface area contributed by atoms with Gasteiger partial charge in [-0.15, -0.1) is 11.8 Å². The van der Waals surface area contributed by atoms with Crippen LogP contribution in [0.15, 0.2) is 89.8 Å². The third kappa shape index (κ3) is 4.51. The Balaban J connectivity index is 1.51. The van der Waals surface area contributed by atoms with Crippen molar-refractivity contribution < 1.29 is 4.74 Å². The van der Waals surface area contributed by atoms with Crippen LogP contribution in [0.25, 0.3) is 0 Å². The van der Waals surface area contributed by atoms with E-state index in [0.29, 0.717) is 5.37 Å². The van der Waals surface area contributed by atoms with Crippen LogP contribution in [0.5, 0.6) is 5.75 Å². The standard InChI is InChI=1S/C24H26N2OS/c1-27-22-14-12-20(13-15-22)24(28-23-10-6-3-7-11-23)26-18-16-25(17-19-26)21-8-4-2-5-9-21/h2-15,24H,16-19H2,1H3. The summed E-state index contributed by atoms with van der Waals surface area (Å²) in [5, 5.41) is 0.297. The summed E-state index contributed by atoms with van der Waals surface area (Å²) < 4.78 is 5.35. The molecule has 1 fully saturated rings. The van der Waals surface area contributed by atoms with Crippen molar-refractivity contribution in [2.45, 2.75) is 10.3 Å². The van der Waals surface area contributed by atoms with Crippen molar-refractivity contribution in [2.75, 3.05) is 38.2 Å². The van der Waals surface area contributed by atoms with Crippen molar-refractivity contribution in [3.63, 3.8) is 0 Å². The first-order valence-electron chi connectivity index (χ1n) is 9.73. The lowest BCUT2D eigenvalue weighted by atomic mass is 10.1. The lowest BCUT2D eigenvalue weighted by Crippen LogP contribution is -2.47. The van der Waals surface area contributed by atoms with Gasteiger partial charge in [0.25, 0.3) is 0 Å². The Labute approximate surface area is 171 Å². The second kappa shape index (κ2) is 9.18. The quantitative estimate of drug-likeness (QED) is 0.530. The zero-order valence-electron chi connectivity index (χ0n) is 16.2. The maximum absolute atomic E-state index is 5.35. The average molecular weight is 391 g/mol. The van der Waals surface area contributed by atoms with Gasteiger partial charge in [0, 0.05) is 36.8 Å². The second-order valence-electron chi connectivity index (χ2n) is 6.91. The maximum atomic E-state index is 5.35. The van der Waals surface area contributed by atoms with Gasteiger partial charge in [-0.1, -0.05) is 48.5 Å². The van der Waals surface area contributed by atoms with E-state index in [1.54, 1.807) is 7.11 Å². The van der Waals surface area contributed by atoms with E-state index in [2.05, 4.69) is 94.7 Å². The number of hydrogen-bond donors (Lipinski definition) is 0. The molecule has 1 unspecified atom stereocenters. The fourth-order valence-electron chi connectivity index (χ4n) is 3.60. The van der Waals surface area contributed by atoms with Crippen molar-refractivity contribution >= 4 is 17.4 Å². The first kappa shape index (κ1) is 18.9. The van der Waals surface area contributed by atoms with E-state index >= 15 is 0 Å². The number of thioether (sulfide) groups is 1. The van der Waals surface area contributed by atoms with Crippen LogP contribution >= 0.6 is 11.8 Å². The molecule has 0 radical (unpaired) electrons. The van der Waals surface area contributed by atoms with E-state index in [1.165, 1.54) is 16.1 Å². The molecule has 0 aliphatic carbocycles. The molecular weight excluding hydrogens is 364 g/mol. The van der Waals surface area contributed by atoms with Crippen LogP contribution in [0.3, 0.4) is 0 Å². The van der Waals surface area contributed by atoms with Crippen LogP contribution in [0, 0.1) is 0 Å². The van der Waals surface area contributed by atoms with Crippen molar-refractivity contribution in [3.05, 3.63) is 90.5 Å². The minimum absolute atomic E-state index is 0.297. The summed E-state index contributed by atoms with van der Waals surface area (Å²) >= 11 is 1.93. The van der Waals surface area contributed by atoms with Gasteiger partial charge in [0.15, 0.2) is 0 Å². The van der Waals surface area contributed by atoms with Crippen LogP contribution < -0.4 is 9.64 Å². The second-order valence-corrected chi connectivity index (χ2v) is 8.07. The average Bonchev–Trinajstić information content (AvgIpc) is 2.79. The number of ether oxygens (including phenoxy) is 1. The Morgan fingerprint density at radius 3 is 1.96 bits per heavy atom. The van der Waals surface area contributed by atoms with Gasteiger partial charge in [-0.3, -0.25) is 4.90 Å². The highest BCUT2D eigenvalue weighted by Crippen LogP contribution is 2.39. The number of nitrogens with zero attached hydrogens (tertiary/aromatic N) is 2. The van der Waals surface area contributed by atoms with E-state index < -0.39 is 0 Å². The molecule has 144 valence electrons. The minimum Gasteiger partial charge on any atom is -0.497 e. The highest BCUT2D eigenvalue weighted by atomic mass is 32.2. The first-order chi connectivity index (χ1) is 13.8. The van der Waals surface area contributed by atoms with E-state index in [9.17, 15) is 0 Å². The van der Waals surface area contributed by atoms with Gasteiger partial charge >= 0.3 is 0 Å². The molecule has 28 heavy (non-hydrogen) atoms. The molecule has 1 atom stereocenters. The predicted molar refractivity (Wildman–Crippen MR) is 118 cm³/mol. The SMILES string of the molecule is COc1ccc(C(Sc2ccccc2)N2CCN(c3ccccc3)CC2)cc1. The normalized spacial score (nSPS) is 16.0. The number of benzene rings is 3. The molecule has 0 bridgehead atoms. The molecule has 0 spiro atoms. The van der Waals surface area contributed by atoms with Crippen molar-refractivity contribution in [1.82, 2.24) is 4.90 Å². The van der Waals surface area contributed by atoms with E-state index in [4.69, 9.17) is 4.74 Å². The van der Waals surface area contributed by atoms with Crippen molar-refractivity contribution in [1.29, 1.82) is 0 Å².